The average Bonchev–Trinajstić information content (AvgIpc) is 2.82. The summed E-state index contributed by atoms with van der Waals surface area (Å²) < 4.78 is 5.09. The van der Waals surface area contributed by atoms with Crippen molar-refractivity contribution in [3.8, 4) is 5.75 Å². The van der Waals surface area contributed by atoms with Gasteiger partial charge < -0.3 is 21.1 Å². The monoisotopic (exact) mass is 312 g/mol. The highest BCUT2D eigenvalue weighted by Gasteiger charge is 2.17. The topological polar surface area (TPSA) is 89.3 Å². The molecule has 1 aromatic heterocycles. The van der Waals surface area contributed by atoms with E-state index in [9.17, 15) is 4.79 Å². The predicted molar refractivity (Wildman–Crippen MR) is 82.0 cm³/mol. The van der Waals surface area contributed by atoms with E-state index in [1.165, 1.54) is 18.4 Å². The number of carbonyl (C=O) groups excluding carboxylic acids is 1. The van der Waals surface area contributed by atoms with Gasteiger partial charge in [0.2, 0.25) is 0 Å². The fraction of sp³-hybridized carbons (Fsp3) is 0.167. The van der Waals surface area contributed by atoms with Gasteiger partial charge in [-0.2, -0.15) is 0 Å². The average molecular weight is 313 g/mol. The van der Waals surface area contributed by atoms with Crippen molar-refractivity contribution in [1.82, 2.24) is 4.98 Å². The number of nitrogen functional groups attached to an aromatic ring is 1. The number of benzene rings is 1. The van der Waals surface area contributed by atoms with Crippen molar-refractivity contribution in [2.75, 3.05) is 30.5 Å². The van der Waals surface area contributed by atoms with E-state index >= 15 is 0 Å². The number of nitrogens with one attached hydrogen (secondary N) is 2. The molecule has 0 aliphatic carbocycles. The first-order valence-corrected chi connectivity index (χ1v) is 6.83. The highest BCUT2D eigenvalue weighted by atomic mass is 35.5. The molecule has 0 aliphatic rings. The summed E-state index contributed by atoms with van der Waals surface area (Å²) in [6.07, 6.45) is 0. The zero-order valence-corrected chi connectivity index (χ0v) is 12.4. The number of carbonyl (C=O) groups is 1. The molecule has 0 radical (unpaired) electrons. The van der Waals surface area contributed by atoms with Gasteiger partial charge in [-0.15, -0.1) is 0 Å². The fourth-order valence-corrected chi connectivity index (χ4v) is 2.41. The van der Waals surface area contributed by atoms with Crippen LogP contribution in [0.2, 0.25) is 5.02 Å². The number of ether oxygens (including phenoxy) is 1. The molecular weight excluding hydrogens is 300 g/mol. The summed E-state index contributed by atoms with van der Waals surface area (Å²) in [7, 11) is 3.24. The highest BCUT2D eigenvalue weighted by Crippen LogP contribution is 2.29. The third kappa shape index (κ3) is 2.94. The number of anilines is 3. The second kappa shape index (κ2) is 5.98. The Morgan fingerprint density at radius 1 is 1.50 bits per heavy atom. The molecule has 0 saturated carbocycles. The van der Waals surface area contributed by atoms with Crippen LogP contribution in [0.5, 0.6) is 5.75 Å². The molecule has 8 heteroatoms. The van der Waals surface area contributed by atoms with Gasteiger partial charge in [-0.1, -0.05) is 22.9 Å². The molecule has 4 N–H and O–H groups in total. The maximum atomic E-state index is 12.2. The molecular formula is C12H13ClN4O2S. The van der Waals surface area contributed by atoms with Crippen LogP contribution in [-0.4, -0.2) is 25.0 Å². The molecule has 20 heavy (non-hydrogen) atoms. The molecule has 1 aromatic carbocycles. The zero-order valence-electron chi connectivity index (χ0n) is 10.9. The third-order valence-corrected chi connectivity index (χ3v) is 3.91. The quantitative estimate of drug-likeness (QED) is 0.807. The lowest BCUT2D eigenvalue weighted by molar-refractivity contribution is 0.103. The molecule has 0 aliphatic heterocycles. The molecule has 6 nitrogen and oxygen atoms in total. The summed E-state index contributed by atoms with van der Waals surface area (Å²) in [5.41, 5.74) is 6.16. The third-order valence-electron chi connectivity index (χ3n) is 2.50. The molecule has 2 aromatic rings. The number of rotatable bonds is 4. The van der Waals surface area contributed by atoms with Crippen LogP contribution in [-0.2, 0) is 0 Å². The van der Waals surface area contributed by atoms with E-state index in [1.54, 1.807) is 25.2 Å². The number of hydrogen-bond acceptors (Lipinski definition) is 6. The first-order valence-electron chi connectivity index (χ1n) is 5.64. The van der Waals surface area contributed by atoms with Gasteiger partial charge >= 0.3 is 0 Å². The van der Waals surface area contributed by atoms with E-state index in [1.807, 2.05) is 0 Å². The van der Waals surface area contributed by atoms with Crippen molar-refractivity contribution in [2.45, 2.75) is 0 Å². The van der Waals surface area contributed by atoms with Gasteiger partial charge in [0.05, 0.1) is 17.8 Å². The minimum Gasteiger partial charge on any atom is -0.497 e. The summed E-state index contributed by atoms with van der Waals surface area (Å²) in [4.78, 5) is 16.5. The Morgan fingerprint density at radius 3 is 2.85 bits per heavy atom. The number of amides is 1. The van der Waals surface area contributed by atoms with Gasteiger partial charge in [-0.3, -0.25) is 4.79 Å². The van der Waals surface area contributed by atoms with Crippen LogP contribution in [0.3, 0.4) is 0 Å². The molecule has 0 atom stereocenters. The van der Waals surface area contributed by atoms with Crippen LogP contribution in [0.15, 0.2) is 18.2 Å². The molecule has 0 spiro atoms. The fourth-order valence-electron chi connectivity index (χ4n) is 1.51. The molecule has 2 rings (SSSR count). The summed E-state index contributed by atoms with van der Waals surface area (Å²) in [6, 6.07) is 4.99. The molecule has 0 fully saturated rings. The van der Waals surface area contributed by atoms with Crippen molar-refractivity contribution in [1.29, 1.82) is 0 Å². The SMILES string of the molecule is CNc1nc(N)c(C(=O)Nc2cc(OC)ccc2Cl)s1. The number of hydrogen-bond donors (Lipinski definition) is 3. The van der Waals surface area contributed by atoms with Gasteiger partial charge in [0, 0.05) is 13.1 Å². The van der Waals surface area contributed by atoms with E-state index in [0.29, 0.717) is 26.5 Å². The van der Waals surface area contributed by atoms with Crippen molar-refractivity contribution in [2.24, 2.45) is 0 Å². The highest BCUT2D eigenvalue weighted by molar-refractivity contribution is 7.18. The van der Waals surface area contributed by atoms with E-state index in [-0.39, 0.29) is 11.7 Å². The van der Waals surface area contributed by atoms with Crippen molar-refractivity contribution in [3.05, 3.63) is 28.1 Å². The number of nitrogens with zero attached hydrogens (tertiary/aromatic N) is 1. The van der Waals surface area contributed by atoms with Crippen molar-refractivity contribution in [3.63, 3.8) is 0 Å². The van der Waals surface area contributed by atoms with E-state index < -0.39 is 0 Å². The first-order chi connectivity index (χ1) is 9.55. The van der Waals surface area contributed by atoms with Crippen LogP contribution >= 0.6 is 22.9 Å². The van der Waals surface area contributed by atoms with Crippen LogP contribution in [0, 0.1) is 0 Å². The van der Waals surface area contributed by atoms with Gasteiger partial charge in [-0.05, 0) is 12.1 Å². The Kier molecular flexibility index (Phi) is 4.31. The maximum absolute atomic E-state index is 12.2. The number of nitrogens with two attached hydrogens (primary N) is 1. The molecule has 1 heterocycles. The second-order valence-corrected chi connectivity index (χ2v) is 5.19. The van der Waals surface area contributed by atoms with Crippen LogP contribution < -0.4 is 21.1 Å². The minimum absolute atomic E-state index is 0.177. The van der Waals surface area contributed by atoms with Crippen LogP contribution in [0.4, 0.5) is 16.6 Å². The Balaban J connectivity index is 2.25. The lowest BCUT2D eigenvalue weighted by atomic mass is 10.3. The van der Waals surface area contributed by atoms with Gasteiger partial charge in [0.25, 0.3) is 5.91 Å². The van der Waals surface area contributed by atoms with Crippen molar-refractivity contribution >= 4 is 45.5 Å². The van der Waals surface area contributed by atoms with Crippen LogP contribution in [0.25, 0.3) is 0 Å². The molecule has 1 amide bonds. The lowest BCUT2D eigenvalue weighted by Crippen LogP contribution is -2.12. The number of methoxy groups -OCH3 is 1. The zero-order chi connectivity index (χ0) is 14.7. The van der Waals surface area contributed by atoms with Gasteiger partial charge in [0.1, 0.15) is 16.4 Å². The Labute approximate surface area is 124 Å². The number of aromatic nitrogens is 1. The number of halogens is 1. The standard InChI is InChI=1S/C12H13ClN4O2S/c1-15-12-17-10(14)9(20-12)11(18)16-8-5-6(19-2)3-4-7(8)13/h3-5H,14H2,1-2H3,(H,15,17)(H,16,18). The Morgan fingerprint density at radius 2 is 2.25 bits per heavy atom. The minimum atomic E-state index is -0.364. The second-order valence-electron chi connectivity index (χ2n) is 3.78. The molecule has 0 unspecified atom stereocenters. The lowest BCUT2D eigenvalue weighted by Gasteiger charge is -2.08. The van der Waals surface area contributed by atoms with Crippen molar-refractivity contribution < 1.29 is 9.53 Å². The molecule has 106 valence electrons. The number of thiazole rings is 1. The smallest absolute Gasteiger partial charge is 0.269 e. The molecule has 0 saturated heterocycles. The summed E-state index contributed by atoms with van der Waals surface area (Å²) >= 11 is 7.20. The van der Waals surface area contributed by atoms with E-state index in [4.69, 9.17) is 22.1 Å². The summed E-state index contributed by atoms with van der Waals surface area (Å²) in [6.45, 7) is 0. The maximum Gasteiger partial charge on any atom is 0.269 e. The Bertz CT molecular complexity index is 644. The van der Waals surface area contributed by atoms with Crippen LogP contribution in [0.1, 0.15) is 9.67 Å². The predicted octanol–water partition coefficient (Wildman–Crippen LogP) is 2.68. The Hall–Kier alpha value is -1.99. The first kappa shape index (κ1) is 14.4. The van der Waals surface area contributed by atoms with E-state index in [0.717, 1.165) is 0 Å². The largest absolute Gasteiger partial charge is 0.497 e. The summed E-state index contributed by atoms with van der Waals surface area (Å²) in [5, 5.41) is 6.52. The normalized spacial score (nSPS) is 10.2. The van der Waals surface area contributed by atoms with Gasteiger partial charge in [0.15, 0.2) is 5.13 Å². The van der Waals surface area contributed by atoms with E-state index in [2.05, 4.69) is 15.6 Å². The summed E-state index contributed by atoms with van der Waals surface area (Å²) in [5.74, 6) is 0.408. The van der Waals surface area contributed by atoms with Gasteiger partial charge in [-0.25, -0.2) is 4.98 Å². The molecule has 0 bridgehead atoms.